The number of halogens is 1. The molecular weight excluding hydrogens is 194 g/mol. The van der Waals surface area contributed by atoms with Crippen LogP contribution in [0.1, 0.15) is 17.4 Å². The fourth-order valence-corrected chi connectivity index (χ4v) is 1.01. The zero-order valence-electron chi connectivity index (χ0n) is 5.60. The van der Waals surface area contributed by atoms with Gasteiger partial charge in [0.15, 0.2) is 0 Å². The van der Waals surface area contributed by atoms with Crippen LogP contribution in [-0.4, -0.2) is 10.8 Å². The van der Waals surface area contributed by atoms with E-state index in [1.807, 2.05) is 12.1 Å². The first-order chi connectivity index (χ1) is 4.72. The summed E-state index contributed by atoms with van der Waals surface area (Å²) < 4.78 is 0. The molecule has 2 nitrogen and oxygen atoms in total. The minimum absolute atomic E-state index is 0.113. The summed E-state index contributed by atoms with van der Waals surface area (Å²) in [6, 6.07) is 3.74. The first-order valence-electron chi connectivity index (χ1n) is 2.99. The Labute approximate surface area is 67.8 Å². The largest absolute Gasteiger partial charge is 0.364 e. The minimum atomic E-state index is -0.178. The molecule has 54 valence electrons. The van der Waals surface area contributed by atoms with Gasteiger partial charge in [-0.15, -0.1) is 0 Å². The Bertz CT molecular complexity index is 218. The molecule has 10 heavy (non-hydrogen) atoms. The molecule has 1 unspecified atom stereocenters. The van der Waals surface area contributed by atoms with Crippen molar-refractivity contribution in [3.63, 3.8) is 0 Å². The lowest BCUT2D eigenvalue weighted by Gasteiger charge is -2.00. The summed E-state index contributed by atoms with van der Waals surface area (Å²) in [7, 11) is 0. The van der Waals surface area contributed by atoms with E-state index >= 15 is 0 Å². The maximum absolute atomic E-state index is 10.8. The molecule has 1 aromatic rings. The number of Topliss-reactive ketones (excluding diaryl/α,β-unsaturated/α-hetero) is 1. The van der Waals surface area contributed by atoms with E-state index in [1.165, 1.54) is 0 Å². The number of ketones is 1. The van der Waals surface area contributed by atoms with E-state index in [4.69, 9.17) is 0 Å². The van der Waals surface area contributed by atoms with Crippen LogP contribution in [0.2, 0.25) is 0 Å². The zero-order valence-corrected chi connectivity index (χ0v) is 7.18. The second-order valence-electron chi connectivity index (χ2n) is 2.10. The van der Waals surface area contributed by atoms with Crippen molar-refractivity contribution in [1.29, 1.82) is 0 Å². The molecule has 0 radical (unpaired) electrons. The molecule has 0 spiro atoms. The van der Waals surface area contributed by atoms with E-state index in [-0.39, 0.29) is 10.6 Å². The molecule has 0 aliphatic heterocycles. The number of rotatable bonds is 2. The topological polar surface area (TPSA) is 32.9 Å². The number of alkyl halides is 1. The number of carbonyl (C=O) groups excluding carboxylic acids is 1. The third kappa shape index (κ3) is 1.48. The first-order valence-corrected chi connectivity index (χ1v) is 3.91. The SMILES string of the molecule is CC(=O)C(Br)c1ccc[nH]1. The number of aromatic nitrogens is 1. The van der Waals surface area contributed by atoms with Gasteiger partial charge in [0.1, 0.15) is 10.6 Å². The van der Waals surface area contributed by atoms with Crippen molar-refractivity contribution in [2.45, 2.75) is 11.8 Å². The third-order valence-corrected chi connectivity index (χ3v) is 2.39. The van der Waals surface area contributed by atoms with Gasteiger partial charge in [-0.1, -0.05) is 15.9 Å². The van der Waals surface area contributed by atoms with Gasteiger partial charge in [-0.05, 0) is 19.1 Å². The van der Waals surface area contributed by atoms with Crippen LogP contribution in [0.5, 0.6) is 0 Å². The Kier molecular flexibility index (Phi) is 2.27. The Morgan fingerprint density at radius 3 is 2.90 bits per heavy atom. The van der Waals surface area contributed by atoms with Gasteiger partial charge in [0.2, 0.25) is 0 Å². The molecule has 1 aromatic heterocycles. The third-order valence-electron chi connectivity index (χ3n) is 1.25. The number of carbonyl (C=O) groups is 1. The van der Waals surface area contributed by atoms with E-state index in [1.54, 1.807) is 13.1 Å². The van der Waals surface area contributed by atoms with E-state index in [0.717, 1.165) is 5.69 Å². The highest BCUT2D eigenvalue weighted by Gasteiger charge is 2.11. The highest BCUT2D eigenvalue weighted by Crippen LogP contribution is 2.20. The van der Waals surface area contributed by atoms with Crippen molar-refractivity contribution in [3.05, 3.63) is 24.0 Å². The van der Waals surface area contributed by atoms with E-state index < -0.39 is 0 Å². The van der Waals surface area contributed by atoms with Gasteiger partial charge in [-0.3, -0.25) is 4.79 Å². The van der Waals surface area contributed by atoms with Gasteiger partial charge in [0, 0.05) is 11.9 Å². The van der Waals surface area contributed by atoms with Crippen molar-refractivity contribution in [2.75, 3.05) is 0 Å². The highest BCUT2D eigenvalue weighted by molar-refractivity contribution is 9.09. The van der Waals surface area contributed by atoms with Gasteiger partial charge >= 0.3 is 0 Å². The summed E-state index contributed by atoms with van der Waals surface area (Å²) >= 11 is 3.25. The van der Waals surface area contributed by atoms with Crippen LogP contribution in [0.25, 0.3) is 0 Å². The predicted octanol–water partition coefficient (Wildman–Crippen LogP) is 2.04. The van der Waals surface area contributed by atoms with Crippen molar-refractivity contribution in [2.24, 2.45) is 0 Å². The van der Waals surface area contributed by atoms with E-state index in [0.29, 0.717) is 0 Å². The van der Waals surface area contributed by atoms with Gasteiger partial charge < -0.3 is 4.98 Å². The molecule has 1 rings (SSSR count). The summed E-state index contributed by atoms with van der Waals surface area (Å²) in [5.74, 6) is 0.113. The molecule has 0 fully saturated rings. The van der Waals surface area contributed by atoms with Gasteiger partial charge in [-0.25, -0.2) is 0 Å². The molecule has 0 saturated heterocycles. The van der Waals surface area contributed by atoms with E-state index in [9.17, 15) is 4.79 Å². The Hall–Kier alpha value is -0.570. The molecule has 3 heteroatoms. The summed E-state index contributed by atoms with van der Waals surface area (Å²) in [5, 5.41) is 0. The number of nitrogens with one attached hydrogen (secondary N) is 1. The Morgan fingerprint density at radius 2 is 2.50 bits per heavy atom. The quantitative estimate of drug-likeness (QED) is 0.731. The summed E-state index contributed by atoms with van der Waals surface area (Å²) in [4.78, 5) is 13.5. The van der Waals surface area contributed by atoms with Crippen molar-refractivity contribution < 1.29 is 4.79 Å². The number of hydrogen-bond acceptors (Lipinski definition) is 1. The van der Waals surface area contributed by atoms with Crippen LogP contribution in [0.3, 0.4) is 0 Å². The average Bonchev–Trinajstić information content (AvgIpc) is 2.36. The average molecular weight is 202 g/mol. The fraction of sp³-hybridized carbons (Fsp3) is 0.286. The minimum Gasteiger partial charge on any atom is -0.364 e. The standard InChI is InChI=1S/C7H8BrNO/c1-5(10)7(8)6-3-2-4-9-6/h2-4,7,9H,1H3. The molecule has 0 saturated carbocycles. The second-order valence-corrected chi connectivity index (χ2v) is 3.01. The molecule has 1 N–H and O–H groups in total. The van der Waals surface area contributed by atoms with Crippen LogP contribution in [0, 0.1) is 0 Å². The molecule has 0 amide bonds. The van der Waals surface area contributed by atoms with Gasteiger partial charge in [0.05, 0.1) is 0 Å². The van der Waals surface area contributed by atoms with Crippen molar-refractivity contribution in [3.8, 4) is 0 Å². The monoisotopic (exact) mass is 201 g/mol. The lowest BCUT2D eigenvalue weighted by molar-refractivity contribution is -0.116. The number of H-pyrrole nitrogens is 1. The molecular formula is C7H8BrNO. The number of hydrogen-bond donors (Lipinski definition) is 1. The highest BCUT2D eigenvalue weighted by atomic mass is 79.9. The normalized spacial score (nSPS) is 13.0. The molecule has 0 bridgehead atoms. The van der Waals surface area contributed by atoms with E-state index in [2.05, 4.69) is 20.9 Å². The van der Waals surface area contributed by atoms with Gasteiger partial charge in [-0.2, -0.15) is 0 Å². The van der Waals surface area contributed by atoms with Crippen molar-refractivity contribution >= 4 is 21.7 Å². The smallest absolute Gasteiger partial charge is 0.149 e. The summed E-state index contributed by atoms with van der Waals surface area (Å²) in [6.45, 7) is 1.56. The first kappa shape index (κ1) is 7.54. The maximum Gasteiger partial charge on any atom is 0.149 e. The van der Waals surface area contributed by atoms with Crippen LogP contribution in [0.15, 0.2) is 18.3 Å². The summed E-state index contributed by atoms with van der Waals surface area (Å²) in [6.07, 6.45) is 1.80. The molecule has 1 atom stereocenters. The van der Waals surface area contributed by atoms with Crippen molar-refractivity contribution in [1.82, 2.24) is 4.98 Å². The lowest BCUT2D eigenvalue weighted by atomic mass is 10.2. The Morgan fingerprint density at radius 1 is 1.80 bits per heavy atom. The van der Waals surface area contributed by atoms with Crippen LogP contribution >= 0.6 is 15.9 Å². The molecule has 1 heterocycles. The molecule has 0 aliphatic rings. The van der Waals surface area contributed by atoms with Crippen LogP contribution in [0.4, 0.5) is 0 Å². The predicted molar refractivity (Wildman–Crippen MR) is 43.1 cm³/mol. The summed E-state index contributed by atoms with van der Waals surface area (Å²) in [5.41, 5.74) is 0.910. The molecule has 0 aliphatic carbocycles. The molecule has 0 aromatic carbocycles. The Balaban J connectivity index is 2.77. The maximum atomic E-state index is 10.8. The van der Waals surface area contributed by atoms with Crippen LogP contribution < -0.4 is 0 Å². The zero-order chi connectivity index (χ0) is 7.56. The van der Waals surface area contributed by atoms with Gasteiger partial charge in [0.25, 0.3) is 0 Å². The second kappa shape index (κ2) is 3.01. The van der Waals surface area contributed by atoms with Crippen LogP contribution in [-0.2, 0) is 4.79 Å². The fourth-order valence-electron chi connectivity index (χ4n) is 0.721. The lowest BCUT2D eigenvalue weighted by Crippen LogP contribution is -2.00. The number of aromatic amines is 1.